The van der Waals surface area contributed by atoms with Gasteiger partial charge in [0, 0.05) is 11.5 Å². The molecule has 0 N–H and O–H groups in total. The summed E-state index contributed by atoms with van der Waals surface area (Å²) in [5, 5.41) is 11.0. The van der Waals surface area contributed by atoms with Gasteiger partial charge in [0.1, 0.15) is 0 Å². The van der Waals surface area contributed by atoms with Crippen molar-refractivity contribution in [3.63, 3.8) is 0 Å². The second-order valence-electron chi connectivity index (χ2n) is 4.78. The SMILES string of the molecule is [C-]#[N+]/C(C#N)=C1/c2cccc3cccc(c23)C(=O)C1C. The Hall–Kier alpha value is -2.91. The van der Waals surface area contributed by atoms with E-state index in [0.717, 1.165) is 16.3 Å². The molecule has 1 aliphatic rings. The van der Waals surface area contributed by atoms with Gasteiger partial charge in [0.05, 0.1) is 12.6 Å². The molecule has 1 unspecified atom stereocenters. The minimum absolute atomic E-state index is 0.00727. The lowest BCUT2D eigenvalue weighted by Crippen LogP contribution is -2.19. The number of ketones is 1. The molecular formula is C17H10N2O. The van der Waals surface area contributed by atoms with Gasteiger partial charge in [-0.2, -0.15) is 0 Å². The lowest BCUT2D eigenvalue weighted by Gasteiger charge is -2.24. The van der Waals surface area contributed by atoms with Crippen LogP contribution in [0.3, 0.4) is 0 Å². The molecule has 0 aromatic heterocycles. The Morgan fingerprint density at radius 3 is 2.50 bits per heavy atom. The zero-order valence-corrected chi connectivity index (χ0v) is 10.8. The molecule has 0 fully saturated rings. The summed E-state index contributed by atoms with van der Waals surface area (Å²) in [4.78, 5) is 15.8. The number of carbonyl (C=O) groups excluding carboxylic acids is 1. The number of benzene rings is 2. The van der Waals surface area contributed by atoms with Crippen LogP contribution in [-0.4, -0.2) is 5.78 Å². The molecular weight excluding hydrogens is 248 g/mol. The quantitative estimate of drug-likeness (QED) is 0.532. The lowest BCUT2D eigenvalue weighted by molar-refractivity contribution is 0.0957. The molecule has 0 amide bonds. The number of nitriles is 1. The molecule has 3 nitrogen and oxygen atoms in total. The van der Waals surface area contributed by atoms with E-state index in [2.05, 4.69) is 4.85 Å². The summed E-state index contributed by atoms with van der Waals surface area (Å²) in [5.74, 6) is -0.486. The van der Waals surface area contributed by atoms with Crippen molar-refractivity contribution in [3.8, 4) is 6.07 Å². The Morgan fingerprint density at radius 1 is 1.25 bits per heavy atom. The van der Waals surface area contributed by atoms with Gasteiger partial charge in [0.2, 0.25) is 0 Å². The number of Topliss-reactive ketones (excluding diaryl/α,β-unsaturated/α-hetero) is 1. The summed E-state index contributed by atoms with van der Waals surface area (Å²) >= 11 is 0. The van der Waals surface area contributed by atoms with Crippen LogP contribution in [0.15, 0.2) is 42.1 Å². The third kappa shape index (κ3) is 1.47. The Labute approximate surface area is 116 Å². The number of rotatable bonds is 0. The van der Waals surface area contributed by atoms with Gasteiger partial charge >= 0.3 is 0 Å². The van der Waals surface area contributed by atoms with Crippen molar-refractivity contribution in [2.24, 2.45) is 5.92 Å². The molecule has 0 saturated carbocycles. The number of allylic oxidation sites excluding steroid dienone is 2. The number of hydrogen-bond donors (Lipinski definition) is 0. The summed E-state index contributed by atoms with van der Waals surface area (Å²) in [7, 11) is 0. The van der Waals surface area contributed by atoms with Crippen molar-refractivity contribution in [2.75, 3.05) is 0 Å². The van der Waals surface area contributed by atoms with Crippen LogP contribution in [-0.2, 0) is 0 Å². The van der Waals surface area contributed by atoms with Crippen molar-refractivity contribution in [1.82, 2.24) is 0 Å². The first-order valence-corrected chi connectivity index (χ1v) is 6.27. The van der Waals surface area contributed by atoms with Crippen LogP contribution in [0.5, 0.6) is 0 Å². The first-order valence-electron chi connectivity index (χ1n) is 6.27. The summed E-state index contributed by atoms with van der Waals surface area (Å²) in [6, 6.07) is 13.2. The molecule has 94 valence electrons. The third-order valence-corrected chi connectivity index (χ3v) is 3.76. The zero-order chi connectivity index (χ0) is 14.3. The average Bonchev–Trinajstić information content (AvgIpc) is 2.49. The van der Waals surface area contributed by atoms with Crippen molar-refractivity contribution >= 4 is 22.1 Å². The van der Waals surface area contributed by atoms with E-state index in [-0.39, 0.29) is 11.5 Å². The van der Waals surface area contributed by atoms with E-state index in [1.807, 2.05) is 42.5 Å². The van der Waals surface area contributed by atoms with Crippen LogP contribution >= 0.6 is 0 Å². The molecule has 20 heavy (non-hydrogen) atoms. The van der Waals surface area contributed by atoms with Gasteiger partial charge in [0.25, 0.3) is 5.70 Å². The maximum Gasteiger partial charge on any atom is 0.266 e. The van der Waals surface area contributed by atoms with Gasteiger partial charge in [-0.25, -0.2) is 10.1 Å². The van der Waals surface area contributed by atoms with Gasteiger partial charge in [-0.15, -0.1) is 0 Å². The van der Waals surface area contributed by atoms with Gasteiger partial charge in [-0.3, -0.25) is 4.79 Å². The van der Waals surface area contributed by atoms with Crippen LogP contribution in [0.4, 0.5) is 0 Å². The summed E-state index contributed by atoms with van der Waals surface area (Å²) < 4.78 is 0. The highest BCUT2D eigenvalue weighted by molar-refractivity contribution is 6.20. The maximum atomic E-state index is 12.5. The van der Waals surface area contributed by atoms with E-state index in [4.69, 9.17) is 11.8 Å². The molecule has 0 saturated heterocycles. The van der Waals surface area contributed by atoms with E-state index in [0.29, 0.717) is 11.1 Å². The second kappa shape index (κ2) is 4.33. The highest BCUT2D eigenvalue weighted by Crippen LogP contribution is 2.40. The fourth-order valence-corrected chi connectivity index (χ4v) is 2.85. The van der Waals surface area contributed by atoms with Crippen molar-refractivity contribution in [3.05, 3.63) is 64.6 Å². The Bertz CT molecular complexity index is 841. The van der Waals surface area contributed by atoms with E-state index in [9.17, 15) is 4.79 Å². The summed E-state index contributed by atoms with van der Waals surface area (Å²) in [6.07, 6.45) is 0. The molecule has 3 rings (SSSR count). The smallest absolute Gasteiger partial charge is 0.266 e. The highest BCUT2D eigenvalue weighted by Gasteiger charge is 2.31. The van der Waals surface area contributed by atoms with Crippen LogP contribution < -0.4 is 0 Å². The molecule has 0 heterocycles. The third-order valence-electron chi connectivity index (χ3n) is 3.76. The van der Waals surface area contributed by atoms with Gasteiger partial charge in [-0.05, 0) is 21.9 Å². The molecule has 2 aromatic carbocycles. The fraction of sp³-hybridized carbons (Fsp3) is 0.118. The molecule has 1 atom stereocenters. The highest BCUT2D eigenvalue weighted by atomic mass is 16.1. The average molecular weight is 258 g/mol. The van der Waals surface area contributed by atoms with Gasteiger partial charge < -0.3 is 0 Å². The minimum Gasteiger partial charge on any atom is -0.294 e. The van der Waals surface area contributed by atoms with Crippen molar-refractivity contribution < 1.29 is 4.79 Å². The fourth-order valence-electron chi connectivity index (χ4n) is 2.85. The van der Waals surface area contributed by atoms with E-state index in [1.165, 1.54) is 0 Å². The molecule has 3 heteroatoms. The second-order valence-corrected chi connectivity index (χ2v) is 4.78. The Balaban J connectivity index is 2.54. The monoisotopic (exact) mass is 258 g/mol. The Morgan fingerprint density at radius 2 is 1.90 bits per heavy atom. The maximum absolute atomic E-state index is 12.5. The number of carbonyl (C=O) groups is 1. The summed E-state index contributed by atoms with van der Waals surface area (Å²) in [6.45, 7) is 8.92. The van der Waals surface area contributed by atoms with E-state index >= 15 is 0 Å². The largest absolute Gasteiger partial charge is 0.294 e. The topological polar surface area (TPSA) is 45.2 Å². The molecule has 0 bridgehead atoms. The number of nitrogens with zero attached hydrogens (tertiary/aromatic N) is 2. The zero-order valence-electron chi connectivity index (χ0n) is 10.8. The lowest BCUT2D eigenvalue weighted by atomic mass is 9.77. The van der Waals surface area contributed by atoms with Gasteiger partial charge in [0.15, 0.2) is 5.78 Å². The molecule has 2 aromatic rings. The molecule has 0 aliphatic heterocycles. The standard InChI is InChI=1S/C17H10N2O/c1-10-15(14(9-18)19-2)12-7-3-5-11-6-4-8-13(16(11)12)17(10)20/h3-8,10H,1H3/b15-14+. The van der Waals surface area contributed by atoms with E-state index in [1.54, 1.807) is 6.92 Å². The van der Waals surface area contributed by atoms with Crippen LogP contribution in [0.1, 0.15) is 22.8 Å². The van der Waals surface area contributed by atoms with Crippen LogP contribution in [0, 0.1) is 23.8 Å². The predicted octanol–water partition coefficient (Wildman–Crippen LogP) is 3.83. The first kappa shape index (κ1) is 12.1. The predicted molar refractivity (Wildman–Crippen MR) is 76.6 cm³/mol. The number of hydrogen-bond acceptors (Lipinski definition) is 2. The minimum atomic E-state index is -0.459. The van der Waals surface area contributed by atoms with Crippen molar-refractivity contribution in [2.45, 2.75) is 6.92 Å². The normalized spacial score (nSPS) is 19.4. The van der Waals surface area contributed by atoms with Gasteiger partial charge in [-0.1, -0.05) is 43.3 Å². The molecule has 0 radical (unpaired) electrons. The Kier molecular flexibility index (Phi) is 2.63. The summed E-state index contributed by atoms with van der Waals surface area (Å²) in [5.41, 5.74) is 2.07. The van der Waals surface area contributed by atoms with Crippen molar-refractivity contribution in [1.29, 1.82) is 5.26 Å². The van der Waals surface area contributed by atoms with Crippen LogP contribution in [0.25, 0.3) is 21.2 Å². The first-order chi connectivity index (χ1) is 9.69. The molecule has 0 spiro atoms. The van der Waals surface area contributed by atoms with Crippen LogP contribution in [0.2, 0.25) is 0 Å². The van der Waals surface area contributed by atoms with E-state index < -0.39 is 5.92 Å². The molecule has 1 aliphatic carbocycles.